The van der Waals surface area contributed by atoms with Gasteiger partial charge in [-0.05, 0) is 82.6 Å². The van der Waals surface area contributed by atoms with Gasteiger partial charge in [-0.25, -0.2) is 9.37 Å². The lowest BCUT2D eigenvalue weighted by molar-refractivity contribution is 0.0857. The van der Waals surface area contributed by atoms with Gasteiger partial charge in [-0.3, -0.25) is 4.79 Å². The van der Waals surface area contributed by atoms with Gasteiger partial charge < -0.3 is 15.8 Å². The molecule has 2 atom stereocenters. The molecule has 2 unspecified atom stereocenters. The third kappa shape index (κ3) is 3.41. The number of pyridine rings is 1. The largest absolute Gasteiger partial charge is 0.383 e. The van der Waals surface area contributed by atoms with Crippen molar-refractivity contribution in [2.45, 2.75) is 32.6 Å². The van der Waals surface area contributed by atoms with Crippen LogP contribution in [0.4, 0.5) is 10.2 Å². The molecule has 0 radical (unpaired) electrons. The number of hydrogen-bond acceptors (Lipinski definition) is 4. The second-order valence-electron chi connectivity index (χ2n) is 9.16. The van der Waals surface area contributed by atoms with Crippen molar-refractivity contribution in [3.05, 3.63) is 117 Å². The molecule has 0 saturated carbocycles. The van der Waals surface area contributed by atoms with E-state index in [1.807, 2.05) is 56.3 Å². The number of nitrogens with one attached hydrogen (secondary N) is 1. The summed E-state index contributed by atoms with van der Waals surface area (Å²) >= 11 is 0. The number of carbonyl (C=O) groups excluding carboxylic acids is 1. The van der Waals surface area contributed by atoms with E-state index in [1.54, 1.807) is 18.3 Å². The number of nitrogens with zero attached hydrogens (tertiary/aromatic N) is 1. The molecule has 4 aromatic rings. The molecule has 6 heteroatoms. The maximum atomic E-state index is 14.4. The fraction of sp³-hybridized carbons (Fsp3) is 0.172. The fourth-order valence-corrected chi connectivity index (χ4v) is 5.08. The molecule has 3 heterocycles. The molecule has 2 aliphatic heterocycles. The van der Waals surface area contributed by atoms with Gasteiger partial charge in [0.2, 0.25) is 0 Å². The first-order chi connectivity index (χ1) is 16.9. The van der Waals surface area contributed by atoms with Crippen molar-refractivity contribution < 1.29 is 13.9 Å². The molecule has 0 saturated heterocycles. The Bertz CT molecular complexity index is 1510. The second-order valence-corrected chi connectivity index (χ2v) is 9.16. The van der Waals surface area contributed by atoms with E-state index in [1.165, 1.54) is 6.07 Å². The molecule has 3 aromatic carbocycles. The molecular formula is C29H24FN3O2. The zero-order valence-electron chi connectivity index (χ0n) is 19.4. The Kier molecular flexibility index (Phi) is 4.93. The van der Waals surface area contributed by atoms with E-state index in [2.05, 4.69) is 10.3 Å². The zero-order chi connectivity index (χ0) is 24.3. The number of aromatic nitrogens is 1. The maximum Gasteiger partial charge on any atom is 0.251 e. The van der Waals surface area contributed by atoms with Crippen molar-refractivity contribution in [2.75, 3.05) is 5.73 Å². The molecule has 6 rings (SSSR count). The average Bonchev–Trinajstić information content (AvgIpc) is 3.44. The minimum Gasteiger partial charge on any atom is -0.383 e. The zero-order valence-corrected chi connectivity index (χ0v) is 19.4. The Morgan fingerprint density at radius 1 is 0.971 bits per heavy atom. The third-order valence-electron chi connectivity index (χ3n) is 7.25. The van der Waals surface area contributed by atoms with E-state index in [0.717, 1.165) is 44.5 Å². The van der Waals surface area contributed by atoms with E-state index >= 15 is 0 Å². The van der Waals surface area contributed by atoms with Gasteiger partial charge in [0.1, 0.15) is 23.8 Å². The lowest BCUT2D eigenvalue weighted by Gasteiger charge is -2.18. The van der Waals surface area contributed by atoms with Crippen LogP contribution in [0.3, 0.4) is 0 Å². The molecule has 5 nitrogen and oxygen atoms in total. The first kappa shape index (κ1) is 21.5. The normalized spacial score (nSPS) is 17.2. The lowest BCUT2D eigenvalue weighted by Crippen LogP contribution is -2.24. The number of rotatable bonds is 4. The summed E-state index contributed by atoms with van der Waals surface area (Å²) < 4.78 is 20.7. The Morgan fingerprint density at radius 3 is 2.49 bits per heavy atom. The SMILES string of the molecule is Cc1c(CNC(=O)c2ccc3c(c2)C2OC3c3ccc(-c4ccccc4F)cc32)cnc(N)c1C. The van der Waals surface area contributed by atoms with Crippen molar-refractivity contribution in [3.8, 4) is 11.1 Å². The number of amides is 1. The average molecular weight is 466 g/mol. The van der Waals surface area contributed by atoms with Crippen molar-refractivity contribution >= 4 is 11.7 Å². The van der Waals surface area contributed by atoms with Gasteiger partial charge in [0, 0.05) is 23.9 Å². The first-order valence-corrected chi connectivity index (χ1v) is 11.6. The predicted molar refractivity (Wildman–Crippen MR) is 132 cm³/mol. The highest BCUT2D eigenvalue weighted by molar-refractivity contribution is 5.94. The summed E-state index contributed by atoms with van der Waals surface area (Å²) in [6.45, 7) is 4.27. The van der Waals surface area contributed by atoms with Crippen molar-refractivity contribution in [1.82, 2.24) is 10.3 Å². The number of fused-ring (bicyclic) bond motifs is 8. The summed E-state index contributed by atoms with van der Waals surface area (Å²) in [7, 11) is 0. The highest BCUT2D eigenvalue weighted by atomic mass is 19.1. The lowest BCUT2D eigenvalue weighted by atomic mass is 9.83. The predicted octanol–water partition coefficient (Wildman–Crippen LogP) is 5.54. The highest BCUT2D eigenvalue weighted by Gasteiger charge is 2.43. The summed E-state index contributed by atoms with van der Waals surface area (Å²) in [6.07, 6.45) is 1.27. The van der Waals surface area contributed by atoms with E-state index in [0.29, 0.717) is 23.5 Å². The van der Waals surface area contributed by atoms with Crippen LogP contribution in [0.15, 0.2) is 66.9 Å². The van der Waals surface area contributed by atoms with E-state index in [4.69, 9.17) is 10.5 Å². The molecule has 0 fully saturated rings. The fourth-order valence-electron chi connectivity index (χ4n) is 5.08. The van der Waals surface area contributed by atoms with Gasteiger partial charge in [-0.15, -0.1) is 0 Å². The minimum absolute atomic E-state index is 0.162. The molecule has 0 aliphatic carbocycles. The van der Waals surface area contributed by atoms with Gasteiger partial charge >= 0.3 is 0 Å². The molecule has 1 aromatic heterocycles. The number of benzene rings is 3. The maximum absolute atomic E-state index is 14.4. The van der Waals surface area contributed by atoms with Crippen LogP contribution in [0.2, 0.25) is 0 Å². The molecule has 2 bridgehead atoms. The van der Waals surface area contributed by atoms with Crippen LogP contribution in [-0.4, -0.2) is 10.9 Å². The molecule has 0 spiro atoms. The molecule has 35 heavy (non-hydrogen) atoms. The van der Waals surface area contributed by atoms with Crippen LogP contribution in [-0.2, 0) is 11.3 Å². The molecule has 174 valence electrons. The highest BCUT2D eigenvalue weighted by Crippen LogP contribution is 2.54. The standard InChI is InChI=1S/C29H24FN3O2/c1-15-16(2)28(31)32-13-19(15)14-33-29(34)18-8-10-22-24(12-18)27-23-11-17(7-9-21(23)26(22)35-27)20-5-3-4-6-25(20)30/h3-13,26-27H,14H2,1-2H3,(H2,31,32)(H,33,34). The molecular weight excluding hydrogens is 441 g/mol. The van der Waals surface area contributed by atoms with Crippen LogP contribution in [0.25, 0.3) is 11.1 Å². The number of carbonyl (C=O) groups is 1. The quantitative estimate of drug-likeness (QED) is 0.415. The Labute approximate surface area is 202 Å². The summed E-state index contributed by atoms with van der Waals surface area (Å²) in [5.41, 5.74) is 14.9. The van der Waals surface area contributed by atoms with E-state index in [9.17, 15) is 9.18 Å². The van der Waals surface area contributed by atoms with Crippen LogP contribution in [0, 0.1) is 19.7 Å². The summed E-state index contributed by atoms with van der Waals surface area (Å²) in [5.74, 6) is 0.0899. The number of anilines is 1. The number of ether oxygens (including phenoxy) is 1. The van der Waals surface area contributed by atoms with Gasteiger partial charge in [0.05, 0.1) is 0 Å². The van der Waals surface area contributed by atoms with Crippen LogP contribution >= 0.6 is 0 Å². The first-order valence-electron chi connectivity index (χ1n) is 11.6. The van der Waals surface area contributed by atoms with Crippen molar-refractivity contribution in [1.29, 1.82) is 0 Å². The molecule has 3 N–H and O–H groups in total. The molecule has 2 aliphatic rings. The van der Waals surface area contributed by atoms with Crippen LogP contribution in [0.5, 0.6) is 0 Å². The Morgan fingerprint density at radius 2 is 1.69 bits per heavy atom. The van der Waals surface area contributed by atoms with Crippen molar-refractivity contribution in [2.24, 2.45) is 0 Å². The molecule has 1 amide bonds. The second kappa shape index (κ2) is 8.03. The van der Waals surface area contributed by atoms with Crippen LogP contribution in [0.1, 0.15) is 61.5 Å². The Hall–Kier alpha value is -4.03. The Balaban J connectivity index is 1.26. The number of halogens is 1. The summed E-state index contributed by atoms with van der Waals surface area (Å²) in [6, 6.07) is 18.5. The van der Waals surface area contributed by atoms with Crippen molar-refractivity contribution in [3.63, 3.8) is 0 Å². The van der Waals surface area contributed by atoms with Crippen LogP contribution < -0.4 is 11.1 Å². The van der Waals surface area contributed by atoms with Gasteiger partial charge in [-0.1, -0.05) is 36.4 Å². The minimum atomic E-state index is -0.268. The van der Waals surface area contributed by atoms with Gasteiger partial charge in [-0.2, -0.15) is 0 Å². The number of nitrogen functional groups attached to an aromatic ring is 1. The van der Waals surface area contributed by atoms with E-state index < -0.39 is 0 Å². The smallest absolute Gasteiger partial charge is 0.251 e. The van der Waals surface area contributed by atoms with E-state index in [-0.39, 0.29) is 23.9 Å². The van der Waals surface area contributed by atoms with Gasteiger partial charge in [0.25, 0.3) is 5.91 Å². The van der Waals surface area contributed by atoms with Gasteiger partial charge in [0.15, 0.2) is 0 Å². The number of hydrogen-bond donors (Lipinski definition) is 2. The monoisotopic (exact) mass is 465 g/mol. The summed E-state index contributed by atoms with van der Waals surface area (Å²) in [5, 5.41) is 2.99. The number of nitrogens with two attached hydrogens (primary N) is 1. The third-order valence-corrected chi connectivity index (χ3v) is 7.25. The summed E-state index contributed by atoms with van der Waals surface area (Å²) in [4.78, 5) is 17.2. The topological polar surface area (TPSA) is 77.2 Å².